The molecule has 0 saturated carbocycles. The summed E-state index contributed by atoms with van der Waals surface area (Å²) in [5.41, 5.74) is 0.389. The fourth-order valence-corrected chi connectivity index (χ4v) is 4.03. The molecule has 10 nitrogen and oxygen atoms in total. The van der Waals surface area contributed by atoms with Gasteiger partial charge in [-0.15, -0.1) is 0 Å². The van der Waals surface area contributed by atoms with Crippen LogP contribution in [0.25, 0.3) is 0 Å². The van der Waals surface area contributed by atoms with Gasteiger partial charge in [-0.1, -0.05) is 12.1 Å². The molecule has 2 aromatic carbocycles. The van der Waals surface area contributed by atoms with Crippen LogP contribution >= 0.6 is 0 Å². The third-order valence-corrected chi connectivity index (χ3v) is 5.60. The summed E-state index contributed by atoms with van der Waals surface area (Å²) in [6.07, 6.45) is -8.86. The number of ether oxygens (including phenoxy) is 2. The first kappa shape index (κ1) is 21.7. The maximum absolute atomic E-state index is 13.0. The standard InChI is InChI=1S/C21H22O10/c22-6-8-4-10-15(12(25)5-8)17(27)14-9(2-1-3-11(14)24)20(10)31-21-19(29)18(28)16(26)13(7-23)30-21/h1-5,13,16,18-26,28-29H,6-7H2. The number of phenolic OH excluding ortho intramolecular Hbond substituents is 2. The molecule has 1 heterocycles. The Morgan fingerprint density at radius 1 is 0.903 bits per heavy atom. The topological polar surface area (TPSA) is 177 Å². The van der Waals surface area contributed by atoms with Crippen LogP contribution in [0.1, 0.15) is 38.7 Å². The van der Waals surface area contributed by atoms with Crippen LogP contribution < -0.4 is 0 Å². The highest BCUT2D eigenvalue weighted by Crippen LogP contribution is 2.45. The Balaban J connectivity index is 1.83. The van der Waals surface area contributed by atoms with E-state index in [0.717, 1.165) is 0 Å². The minimum absolute atomic E-state index is 0.114. The van der Waals surface area contributed by atoms with Crippen LogP contribution in [0.5, 0.6) is 11.5 Å². The first-order valence-corrected chi connectivity index (χ1v) is 9.57. The van der Waals surface area contributed by atoms with E-state index >= 15 is 0 Å². The SMILES string of the molecule is O=C1c2c(O)cccc2C(OC2OC(CO)C(O)C(O)C2O)c2cc(CO)cc(O)c21. The quantitative estimate of drug-likeness (QED) is 0.317. The Kier molecular flexibility index (Phi) is 5.71. The Morgan fingerprint density at radius 2 is 1.61 bits per heavy atom. The molecule has 0 amide bonds. The van der Waals surface area contributed by atoms with E-state index in [1.54, 1.807) is 0 Å². The highest BCUT2D eigenvalue weighted by molar-refractivity contribution is 6.15. The van der Waals surface area contributed by atoms with Gasteiger partial charge in [-0.3, -0.25) is 4.79 Å². The van der Waals surface area contributed by atoms with E-state index in [1.807, 2.05) is 0 Å². The first-order valence-electron chi connectivity index (χ1n) is 9.57. The van der Waals surface area contributed by atoms with Crippen LogP contribution in [0.15, 0.2) is 30.3 Å². The van der Waals surface area contributed by atoms with Crippen molar-refractivity contribution >= 4 is 5.78 Å². The van der Waals surface area contributed by atoms with E-state index in [9.17, 15) is 40.5 Å². The molecular formula is C21H22O10. The molecule has 2 aliphatic rings. The molecule has 7 N–H and O–H groups in total. The molecule has 1 saturated heterocycles. The number of aliphatic hydroxyl groups excluding tert-OH is 5. The molecule has 6 atom stereocenters. The molecular weight excluding hydrogens is 412 g/mol. The van der Waals surface area contributed by atoms with Crippen molar-refractivity contribution in [1.82, 2.24) is 0 Å². The number of carbonyl (C=O) groups is 1. The number of hydrogen-bond acceptors (Lipinski definition) is 10. The van der Waals surface area contributed by atoms with Crippen LogP contribution in [0.3, 0.4) is 0 Å². The van der Waals surface area contributed by atoms with E-state index in [2.05, 4.69) is 0 Å². The van der Waals surface area contributed by atoms with Gasteiger partial charge in [0.05, 0.1) is 24.3 Å². The number of ketones is 1. The van der Waals surface area contributed by atoms with E-state index in [1.165, 1.54) is 30.3 Å². The van der Waals surface area contributed by atoms with Gasteiger partial charge in [0, 0.05) is 11.1 Å². The highest BCUT2D eigenvalue weighted by atomic mass is 16.7. The second-order valence-corrected chi connectivity index (χ2v) is 7.52. The molecule has 166 valence electrons. The average molecular weight is 434 g/mol. The number of fused-ring (bicyclic) bond motifs is 2. The van der Waals surface area contributed by atoms with Crippen LogP contribution in [-0.4, -0.2) is 78.8 Å². The lowest BCUT2D eigenvalue weighted by atomic mass is 9.81. The van der Waals surface area contributed by atoms with Gasteiger partial charge in [0.25, 0.3) is 0 Å². The van der Waals surface area contributed by atoms with E-state index in [0.29, 0.717) is 0 Å². The summed E-state index contributed by atoms with van der Waals surface area (Å²) in [4.78, 5) is 13.0. The Morgan fingerprint density at radius 3 is 2.29 bits per heavy atom. The Bertz CT molecular complexity index is 1000. The lowest BCUT2D eigenvalue weighted by molar-refractivity contribution is -0.309. The number of aromatic hydroxyl groups is 2. The van der Waals surface area contributed by atoms with Crippen molar-refractivity contribution in [2.45, 2.75) is 43.4 Å². The second kappa shape index (κ2) is 8.17. The average Bonchev–Trinajstić information content (AvgIpc) is 2.75. The molecule has 10 heteroatoms. The molecule has 1 fully saturated rings. The smallest absolute Gasteiger partial charge is 0.201 e. The van der Waals surface area contributed by atoms with E-state index < -0.39 is 61.6 Å². The highest BCUT2D eigenvalue weighted by Gasteiger charge is 2.46. The van der Waals surface area contributed by atoms with E-state index in [-0.39, 0.29) is 33.6 Å². The second-order valence-electron chi connectivity index (χ2n) is 7.52. The zero-order valence-electron chi connectivity index (χ0n) is 16.1. The summed E-state index contributed by atoms with van der Waals surface area (Å²) in [6.45, 7) is -1.09. The van der Waals surface area contributed by atoms with Gasteiger partial charge < -0.3 is 45.2 Å². The summed E-state index contributed by atoms with van der Waals surface area (Å²) in [5, 5.41) is 70.1. The minimum atomic E-state index is -1.70. The maximum atomic E-state index is 13.0. The fourth-order valence-electron chi connectivity index (χ4n) is 4.03. The molecule has 0 spiro atoms. The summed E-state index contributed by atoms with van der Waals surface area (Å²) >= 11 is 0. The third-order valence-electron chi connectivity index (χ3n) is 5.60. The lowest BCUT2D eigenvalue weighted by Gasteiger charge is -2.41. The normalized spacial score (nSPS) is 30.0. The number of benzene rings is 2. The monoisotopic (exact) mass is 434 g/mol. The van der Waals surface area contributed by atoms with Crippen molar-refractivity contribution < 1.29 is 50.0 Å². The molecule has 31 heavy (non-hydrogen) atoms. The number of rotatable bonds is 4. The number of hydrogen-bond donors (Lipinski definition) is 7. The van der Waals surface area contributed by atoms with Gasteiger partial charge in [0.1, 0.15) is 42.0 Å². The predicted molar refractivity (Wildman–Crippen MR) is 102 cm³/mol. The Hall–Kier alpha value is -2.57. The molecule has 6 unspecified atom stereocenters. The van der Waals surface area contributed by atoms with Crippen LogP contribution in [-0.2, 0) is 16.1 Å². The summed E-state index contributed by atoms with van der Waals surface area (Å²) in [7, 11) is 0. The third kappa shape index (κ3) is 3.48. The van der Waals surface area contributed by atoms with Gasteiger partial charge >= 0.3 is 0 Å². The summed E-state index contributed by atoms with van der Waals surface area (Å²) in [5.74, 6) is -1.43. The predicted octanol–water partition coefficient (Wildman–Crippen LogP) is -0.960. The van der Waals surface area contributed by atoms with Crippen LogP contribution in [0, 0.1) is 0 Å². The van der Waals surface area contributed by atoms with Gasteiger partial charge in [-0.05, 0) is 23.8 Å². The lowest BCUT2D eigenvalue weighted by Crippen LogP contribution is -2.59. The fraction of sp³-hybridized carbons (Fsp3) is 0.381. The molecule has 0 aromatic heterocycles. The maximum Gasteiger partial charge on any atom is 0.201 e. The molecule has 1 aliphatic heterocycles. The van der Waals surface area contributed by atoms with Crippen molar-refractivity contribution in [3.05, 3.63) is 58.1 Å². The van der Waals surface area contributed by atoms with Gasteiger partial charge in [0.2, 0.25) is 5.78 Å². The summed E-state index contributed by atoms with van der Waals surface area (Å²) in [6, 6.07) is 6.94. The Labute approximate surface area is 176 Å². The minimum Gasteiger partial charge on any atom is -0.507 e. The van der Waals surface area contributed by atoms with Gasteiger partial charge in [-0.2, -0.15) is 0 Å². The number of aliphatic hydroxyl groups is 5. The van der Waals surface area contributed by atoms with Gasteiger partial charge in [-0.25, -0.2) is 0 Å². The molecule has 0 bridgehead atoms. The first-order chi connectivity index (χ1) is 14.8. The van der Waals surface area contributed by atoms with Crippen molar-refractivity contribution in [2.24, 2.45) is 0 Å². The molecule has 2 aromatic rings. The molecule has 1 aliphatic carbocycles. The zero-order chi connectivity index (χ0) is 22.4. The van der Waals surface area contributed by atoms with Crippen molar-refractivity contribution in [3.8, 4) is 11.5 Å². The molecule has 0 radical (unpaired) electrons. The summed E-state index contributed by atoms with van der Waals surface area (Å²) < 4.78 is 11.3. The van der Waals surface area contributed by atoms with E-state index in [4.69, 9.17) is 9.47 Å². The van der Waals surface area contributed by atoms with Crippen LogP contribution in [0.2, 0.25) is 0 Å². The van der Waals surface area contributed by atoms with Crippen molar-refractivity contribution in [3.63, 3.8) is 0 Å². The van der Waals surface area contributed by atoms with Crippen molar-refractivity contribution in [2.75, 3.05) is 6.61 Å². The van der Waals surface area contributed by atoms with Crippen LogP contribution in [0.4, 0.5) is 0 Å². The zero-order valence-corrected chi connectivity index (χ0v) is 16.1. The largest absolute Gasteiger partial charge is 0.507 e. The van der Waals surface area contributed by atoms with Gasteiger partial charge in [0.15, 0.2) is 6.29 Å². The van der Waals surface area contributed by atoms with Crippen molar-refractivity contribution in [1.29, 1.82) is 0 Å². The number of phenols is 2. The molecule has 4 rings (SSSR count). The number of carbonyl (C=O) groups excluding carboxylic acids is 1.